The molecule has 0 aliphatic carbocycles. The second-order valence-electron chi connectivity index (χ2n) is 3.93. The van der Waals surface area contributed by atoms with E-state index in [1.54, 1.807) is 0 Å². The first-order valence-corrected chi connectivity index (χ1v) is 6.82. The first-order valence-electron chi connectivity index (χ1n) is 5.00. The average molecular weight is 294 g/mol. The van der Waals surface area contributed by atoms with Gasteiger partial charge in [-0.1, -0.05) is 11.6 Å². The molecular formula is C10H9ClFNO4S. The van der Waals surface area contributed by atoms with E-state index in [0.29, 0.717) is 0 Å². The Balaban J connectivity index is 2.22. The monoisotopic (exact) mass is 293 g/mol. The topological polar surface area (TPSA) is 74.7 Å². The molecule has 1 saturated heterocycles. The number of carboxylic acids is 1. The molecule has 1 aliphatic rings. The van der Waals surface area contributed by atoms with Crippen LogP contribution in [0, 0.1) is 11.7 Å². The second kappa shape index (κ2) is 4.49. The van der Waals surface area contributed by atoms with Crippen molar-refractivity contribution in [3.8, 4) is 0 Å². The highest BCUT2D eigenvalue weighted by molar-refractivity contribution is 7.89. The van der Waals surface area contributed by atoms with Crippen LogP contribution in [0.3, 0.4) is 0 Å². The molecule has 0 spiro atoms. The Hall–Kier alpha value is -1.18. The van der Waals surface area contributed by atoms with Crippen LogP contribution in [0.5, 0.6) is 0 Å². The van der Waals surface area contributed by atoms with Crippen molar-refractivity contribution < 1.29 is 22.7 Å². The summed E-state index contributed by atoms with van der Waals surface area (Å²) in [6.45, 7) is -0.153. The van der Waals surface area contributed by atoms with E-state index >= 15 is 0 Å². The maximum atomic E-state index is 12.9. The molecule has 0 saturated carbocycles. The number of benzene rings is 1. The fourth-order valence-corrected chi connectivity index (χ4v) is 3.38. The van der Waals surface area contributed by atoms with Crippen LogP contribution in [0.4, 0.5) is 4.39 Å². The summed E-state index contributed by atoms with van der Waals surface area (Å²) < 4.78 is 38.0. The molecule has 1 N–H and O–H groups in total. The minimum absolute atomic E-state index is 0.0767. The van der Waals surface area contributed by atoms with Gasteiger partial charge < -0.3 is 5.11 Å². The number of carbonyl (C=O) groups is 1. The SMILES string of the molecule is O=C(O)C1CN(S(=O)(=O)c2ccc(F)c(Cl)c2)C1. The first-order chi connectivity index (χ1) is 8.32. The summed E-state index contributed by atoms with van der Waals surface area (Å²) in [5.74, 6) is -2.42. The summed E-state index contributed by atoms with van der Waals surface area (Å²) in [5.41, 5.74) is 0. The number of halogens is 2. The Bertz CT molecular complexity index is 598. The van der Waals surface area contributed by atoms with Crippen LogP contribution in [0.15, 0.2) is 23.1 Å². The highest BCUT2D eigenvalue weighted by Crippen LogP contribution is 2.27. The van der Waals surface area contributed by atoms with Gasteiger partial charge in [0, 0.05) is 13.1 Å². The van der Waals surface area contributed by atoms with Crippen LogP contribution >= 0.6 is 11.6 Å². The number of nitrogens with zero attached hydrogens (tertiary/aromatic N) is 1. The molecule has 5 nitrogen and oxygen atoms in total. The zero-order valence-corrected chi connectivity index (χ0v) is 10.6. The van der Waals surface area contributed by atoms with Gasteiger partial charge in [-0.25, -0.2) is 12.8 Å². The molecule has 0 aromatic heterocycles. The van der Waals surface area contributed by atoms with Crippen molar-refractivity contribution in [3.63, 3.8) is 0 Å². The zero-order valence-electron chi connectivity index (χ0n) is 9.01. The summed E-state index contributed by atoms with van der Waals surface area (Å²) in [5, 5.41) is 8.39. The van der Waals surface area contributed by atoms with E-state index in [1.165, 1.54) is 0 Å². The molecule has 98 valence electrons. The van der Waals surface area contributed by atoms with Crippen molar-refractivity contribution in [3.05, 3.63) is 29.0 Å². The molecule has 1 aliphatic heterocycles. The fraction of sp³-hybridized carbons (Fsp3) is 0.300. The van der Waals surface area contributed by atoms with Gasteiger partial charge in [0.25, 0.3) is 0 Å². The molecule has 1 aromatic rings. The third kappa shape index (κ3) is 2.21. The van der Waals surface area contributed by atoms with Gasteiger partial charge in [-0.15, -0.1) is 0 Å². The highest BCUT2D eigenvalue weighted by atomic mass is 35.5. The van der Waals surface area contributed by atoms with E-state index < -0.39 is 27.7 Å². The van der Waals surface area contributed by atoms with Gasteiger partial charge in [0.1, 0.15) is 5.82 Å². The van der Waals surface area contributed by atoms with E-state index in [2.05, 4.69) is 0 Å². The molecule has 1 aromatic carbocycles. The first kappa shape index (κ1) is 13.3. The highest BCUT2D eigenvalue weighted by Gasteiger charge is 2.40. The van der Waals surface area contributed by atoms with E-state index in [-0.39, 0.29) is 23.0 Å². The summed E-state index contributed by atoms with van der Waals surface area (Å²) >= 11 is 5.51. The van der Waals surface area contributed by atoms with Crippen LogP contribution in [-0.4, -0.2) is 36.9 Å². The van der Waals surface area contributed by atoms with Gasteiger partial charge in [-0.2, -0.15) is 4.31 Å². The minimum Gasteiger partial charge on any atom is -0.481 e. The van der Waals surface area contributed by atoms with Gasteiger partial charge in [0.15, 0.2) is 0 Å². The van der Waals surface area contributed by atoms with Crippen molar-refractivity contribution in [1.29, 1.82) is 0 Å². The van der Waals surface area contributed by atoms with E-state index in [0.717, 1.165) is 22.5 Å². The summed E-state index contributed by atoms with van der Waals surface area (Å²) in [6, 6.07) is 3.08. The third-order valence-corrected chi connectivity index (χ3v) is 4.84. The van der Waals surface area contributed by atoms with E-state index in [4.69, 9.17) is 16.7 Å². The number of carboxylic acid groups (broad SMARTS) is 1. The standard InChI is InChI=1S/C10H9ClFNO4S/c11-8-3-7(1-2-9(8)12)18(16,17)13-4-6(5-13)10(14)15/h1-3,6H,4-5H2,(H,14,15). The van der Waals surface area contributed by atoms with Gasteiger partial charge in [-0.05, 0) is 18.2 Å². The Morgan fingerprint density at radius 3 is 2.56 bits per heavy atom. The summed E-state index contributed by atoms with van der Waals surface area (Å²) in [4.78, 5) is 10.5. The van der Waals surface area contributed by atoms with Gasteiger partial charge >= 0.3 is 5.97 Å². The maximum Gasteiger partial charge on any atom is 0.309 e. The van der Waals surface area contributed by atoms with Crippen LogP contribution < -0.4 is 0 Å². The second-order valence-corrected chi connectivity index (χ2v) is 6.28. The van der Waals surface area contributed by atoms with Gasteiger partial charge in [0.05, 0.1) is 15.8 Å². The Kier molecular flexibility index (Phi) is 3.31. The lowest BCUT2D eigenvalue weighted by Crippen LogP contribution is -2.52. The molecule has 0 amide bonds. The van der Waals surface area contributed by atoms with Crippen molar-refractivity contribution in [1.82, 2.24) is 4.31 Å². The molecular weight excluding hydrogens is 285 g/mol. The molecule has 1 fully saturated rings. The molecule has 0 atom stereocenters. The number of hydrogen-bond acceptors (Lipinski definition) is 3. The van der Waals surface area contributed by atoms with Crippen molar-refractivity contribution in [2.24, 2.45) is 5.92 Å². The lowest BCUT2D eigenvalue weighted by Gasteiger charge is -2.35. The van der Waals surface area contributed by atoms with E-state index in [9.17, 15) is 17.6 Å². The van der Waals surface area contributed by atoms with E-state index in [1.807, 2.05) is 0 Å². The number of rotatable bonds is 3. The number of aliphatic carboxylic acids is 1. The average Bonchev–Trinajstić information content (AvgIpc) is 2.18. The summed E-state index contributed by atoms with van der Waals surface area (Å²) in [7, 11) is -3.79. The Morgan fingerprint density at radius 1 is 1.44 bits per heavy atom. The predicted octanol–water partition coefficient (Wildman–Crippen LogP) is 1.18. The molecule has 0 bridgehead atoms. The molecule has 0 radical (unpaired) electrons. The molecule has 8 heteroatoms. The molecule has 0 unspecified atom stereocenters. The quantitative estimate of drug-likeness (QED) is 0.908. The van der Waals surface area contributed by atoms with Crippen LogP contribution in [0.25, 0.3) is 0 Å². The van der Waals surface area contributed by atoms with Crippen molar-refractivity contribution >= 4 is 27.6 Å². The Labute approximate surface area is 108 Å². The maximum absolute atomic E-state index is 12.9. The molecule has 1 heterocycles. The summed E-state index contributed by atoms with van der Waals surface area (Å²) in [6.07, 6.45) is 0. The lowest BCUT2D eigenvalue weighted by atomic mass is 10.0. The van der Waals surface area contributed by atoms with Gasteiger partial charge in [0.2, 0.25) is 10.0 Å². The van der Waals surface area contributed by atoms with Crippen LogP contribution in [0.1, 0.15) is 0 Å². The molecule has 2 rings (SSSR count). The largest absolute Gasteiger partial charge is 0.481 e. The van der Waals surface area contributed by atoms with Gasteiger partial charge in [-0.3, -0.25) is 4.79 Å². The van der Waals surface area contributed by atoms with Crippen LogP contribution in [-0.2, 0) is 14.8 Å². The number of sulfonamides is 1. The Morgan fingerprint density at radius 2 is 2.06 bits per heavy atom. The van der Waals surface area contributed by atoms with Crippen molar-refractivity contribution in [2.75, 3.05) is 13.1 Å². The van der Waals surface area contributed by atoms with Crippen LogP contribution in [0.2, 0.25) is 5.02 Å². The number of hydrogen-bond donors (Lipinski definition) is 1. The third-order valence-electron chi connectivity index (χ3n) is 2.73. The minimum atomic E-state index is -3.79. The smallest absolute Gasteiger partial charge is 0.309 e. The zero-order chi connectivity index (χ0) is 13.5. The lowest BCUT2D eigenvalue weighted by molar-refractivity contribution is -0.145. The predicted molar refractivity (Wildman–Crippen MR) is 61.3 cm³/mol. The fourth-order valence-electron chi connectivity index (χ4n) is 1.58. The molecule has 18 heavy (non-hydrogen) atoms. The van der Waals surface area contributed by atoms with Crippen molar-refractivity contribution in [2.45, 2.75) is 4.90 Å². The normalized spacial score (nSPS) is 17.4.